The fourth-order valence-electron chi connectivity index (χ4n) is 4.28. The van der Waals surface area contributed by atoms with Crippen LogP contribution >= 0.6 is 0 Å². The zero-order chi connectivity index (χ0) is 22.8. The van der Waals surface area contributed by atoms with Gasteiger partial charge in [0.05, 0.1) is 23.8 Å². The quantitative estimate of drug-likeness (QED) is 0.373. The normalized spacial score (nSPS) is 18.2. The molecule has 2 aromatic carbocycles. The Bertz CT molecular complexity index is 1120. The third kappa shape index (κ3) is 4.13. The number of carbonyl (C=O) groups excluding carboxylic acids is 4. The second-order valence-corrected chi connectivity index (χ2v) is 8.19. The highest BCUT2D eigenvalue weighted by atomic mass is 16.5. The van der Waals surface area contributed by atoms with Crippen LogP contribution in [0.25, 0.3) is 0 Å². The van der Waals surface area contributed by atoms with Crippen LogP contribution in [-0.4, -0.2) is 40.9 Å². The van der Waals surface area contributed by atoms with Crippen LogP contribution in [0, 0.1) is 0 Å². The number of Topliss-reactive ketones (excluding diaryl/α,β-unsaturated/α-hetero) is 2. The number of amides is 2. The summed E-state index contributed by atoms with van der Waals surface area (Å²) in [5, 5.41) is 0. The van der Waals surface area contributed by atoms with Crippen molar-refractivity contribution in [1.29, 1.82) is 0 Å². The Kier molecular flexibility index (Phi) is 6.04. The van der Waals surface area contributed by atoms with Gasteiger partial charge in [-0.3, -0.25) is 24.1 Å². The van der Waals surface area contributed by atoms with E-state index in [1.807, 2.05) is 6.92 Å². The number of hydrogen-bond donors (Lipinski definition) is 0. The Morgan fingerprint density at radius 1 is 1.06 bits per heavy atom. The number of rotatable bonds is 7. The lowest BCUT2D eigenvalue weighted by molar-refractivity contribution is -0.123. The summed E-state index contributed by atoms with van der Waals surface area (Å²) < 4.78 is 5.40. The SMILES string of the molecule is C=C1CCC(N2C(=O)c3ccc(CCC(=O)c4ccc(OCC)cc4)cc3C2=O)C(=O)C1. The molecule has 0 saturated heterocycles. The minimum atomic E-state index is -0.724. The highest BCUT2D eigenvalue weighted by Crippen LogP contribution is 2.31. The van der Waals surface area contributed by atoms with Crippen LogP contribution in [0.4, 0.5) is 0 Å². The molecule has 2 amide bonds. The molecule has 6 nitrogen and oxygen atoms in total. The summed E-state index contributed by atoms with van der Waals surface area (Å²) in [5.41, 5.74) is 2.85. The number of benzene rings is 2. The topological polar surface area (TPSA) is 80.8 Å². The Morgan fingerprint density at radius 2 is 1.78 bits per heavy atom. The summed E-state index contributed by atoms with van der Waals surface area (Å²) in [6, 6.07) is 11.4. The molecule has 32 heavy (non-hydrogen) atoms. The van der Waals surface area contributed by atoms with Crippen molar-refractivity contribution in [2.24, 2.45) is 0 Å². The van der Waals surface area contributed by atoms with Crippen molar-refractivity contribution in [3.8, 4) is 5.75 Å². The van der Waals surface area contributed by atoms with Crippen molar-refractivity contribution in [3.05, 3.63) is 76.9 Å². The van der Waals surface area contributed by atoms with Gasteiger partial charge in [0.25, 0.3) is 11.8 Å². The molecule has 0 spiro atoms. The van der Waals surface area contributed by atoms with Crippen LogP contribution in [0.3, 0.4) is 0 Å². The van der Waals surface area contributed by atoms with E-state index >= 15 is 0 Å². The molecular weight excluding hydrogens is 406 g/mol. The molecule has 0 bridgehead atoms. The highest BCUT2D eigenvalue weighted by Gasteiger charge is 2.43. The lowest BCUT2D eigenvalue weighted by atomic mass is 9.89. The van der Waals surface area contributed by atoms with E-state index in [1.54, 1.807) is 42.5 Å². The molecule has 164 valence electrons. The molecule has 0 N–H and O–H groups in total. The smallest absolute Gasteiger partial charge is 0.262 e. The van der Waals surface area contributed by atoms with Crippen molar-refractivity contribution in [2.45, 2.75) is 45.1 Å². The van der Waals surface area contributed by atoms with Crippen LogP contribution in [0.2, 0.25) is 0 Å². The summed E-state index contributed by atoms with van der Waals surface area (Å²) >= 11 is 0. The van der Waals surface area contributed by atoms with Gasteiger partial charge in [0, 0.05) is 18.4 Å². The lowest BCUT2D eigenvalue weighted by Gasteiger charge is -2.29. The zero-order valence-electron chi connectivity index (χ0n) is 18.1. The number of carbonyl (C=O) groups is 4. The fourth-order valence-corrected chi connectivity index (χ4v) is 4.28. The van der Waals surface area contributed by atoms with Crippen molar-refractivity contribution < 1.29 is 23.9 Å². The zero-order valence-corrected chi connectivity index (χ0v) is 18.1. The maximum atomic E-state index is 13.0. The second kappa shape index (κ2) is 8.91. The Morgan fingerprint density at radius 3 is 2.47 bits per heavy atom. The molecule has 1 aliphatic carbocycles. The van der Waals surface area contributed by atoms with Crippen LogP contribution in [0.15, 0.2) is 54.6 Å². The van der Waals surface area contributed by atoms with Crippen LogP contribution < -0.4 is 4.74 Å². The van der Waals surface area contributed by atoms with E-state index in [0.29, 0.717) is 42.6 Å². The molecule has 2 aromatic rings. The lowest BCUT2D eigenvalue weighted by Crippen LogP contribution is -2.46. The molecule has 0 radical (unpaired) electrons. The molecule has 1 fully saturated rings. The van der Waals surface area contributed by atoms with Gasteiger partial charge in [0.2, 0.25) is 0 Å². The van der Waals surface area contributed by atoms with E-state index in [9.17, 15) is 19.2 Å². The average molecular weight is 431 g/mol. The minimum Gasteiger partial charge on any atom is -0.494 e. The van der Waals surface area contributed by atoms with E-state index in [4.69, 9.17) is 4.74 Å². The molecule has 1 atom stereocenters. The maximum Gasteiger partial charge on any atom is 0.262 e. The summed E-state index contributed by atoms with van der Waals surface area (Å²) in [6.45, 7) is 6.30. The average Bonchev–Trinajstić information content (AvgIpc) is 3.03. The van der Waals surface area contributed by atoms with Gasteiger partial charge >= 0.3 is 0 Å². The Balaban J connectivity index is 1.45. The number of allylic oxidation sites excluding steroid dienone is 1. The molecule has 1 aliphatic heterocycles. The van der Waals surface area contributed by atoms with Gasteiger partial charge in [-0.25, -0.2) is 0 Å². The van der Waals surface area contributed by atoms with Gasteiger partial charge in [-0.05, 0) is 68.1 Å². The van der Waals surface area contributed by atoms with Gasteiger partial charge in [-0.2, -0.15) is 0 Å². The standard InChI is InChI=1S/C26H25NO5/c1-3-32-19-9-7-18(8-10-19)23(28)13-6-17-5-11-20-21(15-17)26(31)27(25(20)30)22-12-4-16(2)14-24(22)29/h5,7-11,15,22H,2-4,6,12-14H2,1H3. The van der Waals surface area contributed by atoms with Crippen LogP contribution in [0.5, 0.6) is 5.75 Å². The van der Waals surface area contributed by atoms with Crippen molar-refractivity contribution in [1.82, 2.24) is 4.90 Å². The number of nitrogens with zero attached hydrogens (tertiary/aromatic N) is 1. The van der Waals surface area contributed by atoms with E-state index < -0.39 is 17.9 Å². The number of ketones is 2. The fraction of sp³-hybridized carbons (Fsp3) is 0.308. The molecule has 4 rings (SSSR count). The summed E-state index contributed by atoms with van der Waals surface area (Å²) in [6.07, 6.45) is 1.98. The van der Waals surface area contributed by atoms with Gasteiger partial charge in [0.1, 0.15) is 5.75 Å². The predicted molar refractivity (Wildman–Crippen MR) is 119 cm³/mol. The third-order valence-electron chi connectivity index (χ3n) is 5.99. The van der Waals surface area contributed by atoms with Gasteiger partial charge < -0.3 is 4.74 Å². The summed E-state index contributed by atoms with van der Waals surface area (Å²) in [7, 11) is 0. The van der Waals surface area contributed by atoms with E-state index in [0.717, 1.165) is 21.8 Å². The Hall–Kier alpha value is -3.54. The number of aryl methyl sites for hydroxylation is 1. The van der Waals surface area contributed by atoms with E-state index in [1.165, 1.54) is 0 Å². The second-order valence-electron chi connectivity index (χ2n) is 8.19. The van der Waals surface area contributed by atoms with E-state index in [2.05, 4.69) is 6.58 Å². The van der Waals surface area contributed by atoms with Gasteiger partial charge in [-0.1, -0.05) is 18.2 Å². The molecule has 2 aliphatic rings. The number of hydrogen-bond acceptors (Lipinski definition) is 5. The first-order valence-electron chi connectivity index (χ1n) is 10.8. The number of fused-ring (bicyclic) bond motifs is 1. The first-order valence-corrected chi connectivity index (χ1v) is 10.8. The molecule has 6 heteroatoms. The molecule has 0 aromatic heterocycles. The summed E-state index contributed by atoms with van der Waals surface area (Å²) in [5.74, 6) is -0.290. The maximum absolute atomic E-state index is 13.0. The highest BCUT2D eigenvalue weighted by molar-refractivity contribution is 6.23. The Labute approximate surface area is 186 Å². The third-order valence-corrected chi connectivity index (χ3v) is 5.99. The van der Waals surface area contributed by atoms with Crippen molar-refractivity contribution in [3.63, 3.8) is 0 Å². The molecule has 1 saturated carbocycles. The van der Waals surface area contributed by atoms with Crippen LogP contribution in [0.1, 0.15) is 69.2 Å². The number of ether oxygens (including phenoxy) is 1. The largest absolute Gasteiger partial charge is 0.494 e. The summed E-state index contributed by atoms with van der Waals surface area (Å²) in [4.78, 5) is 51.9. The minimum absolute atomic E-state index is 0.00870. The van der Waals surface area contributed by atoms with Crippen LogP contribution in [-0.2, 0) is 11.2 Å². The predicted octanol–water partition coefficient (Wildman–Crippen LogP) is 4.17. The first kappa shape index (κ1) is 21.7. The molecule has 1 unspecified atom stereocenters. The van der Waals surface area contributed by atoms with Crippen molar-refractivity contribution >= 4 is 23.4 Å². The number of imide groups is 1. The van der Waals surface area contributed by atoms with Gasteiger partial charge in [0.15, 0.2) is 11.6 Å². The first-order chi connectivity index (χ1) is 15.4. The monoisotopic (exact) mass is 431 g/mol. The molecular formula is C26H25NO5. The van der Waals surface area contributed by atoms with Crippen molar-refractivity contribution in [2.75, 3.05) is 6.61 Å². The van der Waals surface area contributed by atoms with E-state index in [-0.39, 0.29) is 24.4 Å². The van der Waals surface area contributed by atoms with Gasteiger partial charge in [-0.15, -0.1) is 0 Å². The molecule has 1 heterocycles.